The highest BCUT2D eigenvalue weighted by atomic mass is 16.1. The fraction of sp³-hybridized carbons (Fsp3) is 0.400. The van der Waals surface area contributed by atoms with E-state index in [2.05, 4.69) is 32.0 Å². The van der Waals surface area contributed by atoms with Gasteiger partial charge in [0.15, 0.2) is 5.78 Å². The highest BCUT2D eigenvalue weighted by Crippen LogP contribution is 2.28. The van der Waals surface area contributed by atoms with Gasteiger partial charge in [-0.25, -0.2) is 0 Å². The van der Waals surface area contributed by atoms with Crippen LogP contribution in [-0.4, -0.2) is 10.4 Å². The molecule has 0 amide bonds. The second-order valence-electron chi connectivity index (χ2n) is 5.02. The van der Waals surface area contributed by atoms with Crippen LogP contribution in [0.3, 0.4) is 0 Å². The highest BCUT2D eigenvalue weighted by molar-refractivity contribution is 6.01. The number of benzene rings is 1. The van der Waals surface area contributed by atoms with Crippen LogP contribution in [0, 0.1) is 6.92 Å². The van der Waals surface area contributed by atoms with Gasteiger partial charge < -0.3 is 4.57 Å². The summed E-state index contributed by atoms with van der Waals surface area (Å²) in [5, 5.41) is 1.20. The molecule has 0 unspecified atom stereocenters. The lowest BCUT2D eigenvalue weighted by molar-refractivity contribution is 0.101. The summed E-state index contributed by atoms with van der Waals surface area (Å²) in [6, 6.07) is 6.47. The van der Waals surface area contributed by atoms with Crippen molar-refractivity contribution in [3.63, 3.8) is 0 Å². The van der Waals surface area contributed by atoms with E-state index in [0.717, 1.165) is 16.8 Å². The number of hydrogen-bond donors (Lipinski definition) is 0. The van der Waals surface area contributed by atoms with Crippen molar-refractivity contribution < 1.29 is 4.79 Å². The minimum Gasteiger partial charge on any atom is -0.341 e. The van der Waals surface area contributed by atoms with E-state index in [0.29, 0.717) is 5.92 Å². The van der Waals surface area contributed by atoms with Crippen molar-refractivity contribution in [3.05, 3.63) is 35.0 Å². The number of fused-ring (bicyclic) bond motifs is 1. The summed E-state index contributed by atoms with van der Waals surface area (Å²) >= 11 is 0. The number of carbonyl (C=O) groups excluding carboxylic acids is 1. The van der Waals surface area contributed by atoms with Gasteiger partial charge in [-0.1, -0.05) is 19.9 Å². The Kier molecular flexibility index (Phi) is 2.82. The van der Waals surface area contributed by atoms with E-state index < -0.39 is 0 Å². The fourth-order valence-electron chi connectivity index (χ4n) is 2.51. The van der Waals surface area contributed by atoms with Crippen molar-refractivity contribution in [2.75, 3.05) is 0 Å². The normalized spacial score (nSPS) is 11.4. The quantitative estimate of drug-likeness (QED) is 0.718. The predicted octanol–water partition coefficient (Wildman–Crippen LogP) is 3.81. The Hall–Kier alpha value is -1.57. The van der Waals surface area contributed by atoms with Crippen LogP contribution in [0.25, 0.3) is 10.9 Å². The molecule has 2 aromatic rings. The molecule has 0 bridgehead atoms. The van der Waals surface area contributed by atoms with Crippen molar-refractivity contribution >= 4 is 16.7 Å². The van der Waals surface area contributed by atoms with E-state index >= 15 is 0 Å². The molecule has 0 spiro atoms. The van der Waals surface area contributed by atoms with E-state index in [9.17, 15) is 4.79 Å². The lowest BCUT2D eigenvalue weighted by Crippen LogP contribution is -2.02. The molecule has 0 aliphatic heterocycles. The Morgan fingerprint density at radius 1 is 1.29 bits per heavy atom. The first-order valence-corrected chi connectivity index (χ1v) is 6.03. The molecule has 0 radical (unpaired) electrons. The van der Waals surface area contributed by atoms with Gasteiger partial charge >= 0.3 is 0 Å². The molecule has 1 aromatic heterocycles. The molecule has 17 heavy (non-hydrogen) atoms. The van der Waals surface area contributed by atoms with E-state index in [1.165, 1.54) is 10.9 Å². The summed E-state index contributed by atoms with van der Waals surface area (Å²) in [7, 11) is 1.96. The van der Waals surface area contributed by atoms with E-state index in [1.807, 2.05) is 18.5 Å². The maximum Gasteiger partial charge on any atom is 0.176 e. The molecule has 0 atom stereocenters. The third-order valence-corrected chi connectivity index (χ3v) is 3.48. The molecule has 1 aromatic carbocycles. The average Bonchev–Trinajstić information content (AvgIpc) is 2.51. The number of ketones is 1. The first kappa shape index (κ1) is 11.9. The topological polar surface area (TPSA) is 22.0 Å². The molecule has 0 aliphatic rings. The van der Waals surface area contributed by atoms with Gasteiger partial charge in [0.05, 0.1) is 5.69 Å². The number of aromatic nitrogens is 1. The van der Waals surface area contributed by atoms with E-state index in [4.69, 9.17) is 0 Å². The van der Waals surface area contributed by atoms with Crippen molar-refractivity contribution in [1.29, 1.82) is 0 Å². The van der Waals surface area contributed by atoms with E-state index in [1.54, 1.807) is 6.92 Å². The summed E-state index contributed by atoms with van der Waals surface area (Å²) in [5.41, 5.74) is 4.37. The second kappa shape index (κ2) is 4.02. The van der Waals surface area contributed by atoms with Crippen LogP contribution >= 0.6 is 0 Å². The summed E-state index contributed by atoms with van der Waals surface area (Å²) < 4.78 is 2.00. The molecule has 0 saturated carbocycles. The molecule has 90 valence electrons. The van der Waals surface area contributed by atoms with Gasteiger partial charge in [0.1, 0.15) is 0 Å². The molecular weight excluding hydrogens is 210 g/mol. The van der Waals surface area contributed by atoms with Crippen molar-refractivity contribution in [2.24, 2.45) is 7.05 Å². The van der Waals surface area contributed by atoms with Gasteiger partial charge in [0.25, 0.3) is 0 Å². The van der Waals surface area contributed by atoms with Gasteiger partial charge in [-0.3, -0.25) is 4.79 Å². The third kappa shape index (κ3) is 1.78. The Morgan fingerprint density at radius 2 is 1.94 bits per heavy atom. The standard InChI is InChI=1S/C15H19NO/c1-9(2)12-6-7-14-13(8-12)10(3)15(11(4)17)16(14)5/h6-9H,1-5H3. The number of Topliss-reactive ketones (excluding diaryl/α,β-unsaturated/α-hetero) is 1. The predicted molar refractivity (Wildman–Crippen MR) is 71.7 cm³/mol. The second-order valence-corrected chi connectivity index (χ2v) is 5.02. The average molecular weight is 229 g/mol. The monoisotopic (exact) mass is 229 g/mol. The van der Waals surface area contributed by atoms with Crippen molar-refractivity contribution in [1.82, 2.24) is 4.57 Å². The van der Waals surface area contributed by atoms with Crippen LogP contribution in [-0.2, 0) is 7.05 Å². The maximum absolute atomic E-state index is 11.7. The van der Waals surface area contributed by atoms with Crippen LogP contribution in [0.15, 0.2) is 18.2 Å². The zero-order valence-corrected chi connectivity index (χ0v) is 11.2. The largest absolute Gasteiger partial charge is 0.341 e. The van der Waals surface area contributed by atoms with E-state index in [-0.39, 0.29) is 5.78 Å². The number of rotatable bonds is 2. The zero-order chi connectivity index (χ0) is 12.7. The fourth-order valence-corrected chi connectivity index (χ4v) is 2.51. The number of nitrogens with zero attached hydrogens (tertiary/aromatic N) is 1. The number of aryl methyl sites for hydroxylation is 2. The summed E-state index contributed by atoms with van der Waals surface area (Å²) in [6.45, 7) is 8.03. The van der Waals surface area contributed by atoms with Crippen molar-refractivity contribution in [2.45, 2.75) is 33.6 Å². The first-order valence-electron chi connectivity index (χ1n) is 6.03. The van der Waals surface area contributed by atoms with Crippen LogP contribution in [0.4, 0.5) is 0 Å². The molecule has 2 rings (SSSR count). The molecule has 0 fully saturated rings. The van der Waals surface area contributed by atoms with Gasteiger partial charge in [0.2, 0.25) is 0 Å². The Bertz CT molecular complexity index is 590. The minimum atomic E-state index is 0.132. The minimum absolute atomic E-state index is 0.132. The van der Waals surface area contributed by atoms with Crippen molar-refractivity contribution in [3.8, 4) is 0 Å². The molecule has 1 heterocycles. The molecule has 0 N–H and O–H groups in total. The van der Waals surface area contributed by atoms with Gasteiger partial charge in [-0.2, -0.15) is 0 Å². The van der Waals surface area contributed by atoms with Gasteiger partial charge in [0, 0.05) is 24.9 Å². The van der Waals surface area contributed by atoms with Crippen LogP contribution in [0.2, 0.25) is 0 Å². The third-order valence-electron chi connectivity index (χ3n) is 3.48. The molecular formula is C15H19NO. The van der Waals surface area contributed by atoms with Gasteiger partial charge in [-0.05, 0) is 36.1 Å². The molecule has 0 saturated heterocycles. The Morgan fingerprint density at radius 3 is 2.47 bits per heavy atom. The van der Waals surface area contributed by atoms with Gasteiger partial charge in [-0.15, -0.1) is 0 Å². The molecule has 2 nitrogen and oxygen atoms in total. The van der Waals surface area contributed by atoms with Crippen LogP contribution in [0.5, 0.6) is 0 Å². The molecule has 2 heteroatoms. The number of carbonyl (C=O) groups is 1. The maximum atomic E-state index is 11.7. The molecule has 0 aliphatic carbocycles. The highest BCUT2D eigenvalue weighted by Gasteiger charge is 2.15. The lowest BCUT2D eigenvalue weighted by atomic mass is 10.0. The summed E-state index contributed by atoms with van der Waals surface area (Å²) in [5.74, 6) is 0.645. The van der Waals surface area contributed by atoms with Crippen LogP contribution in [0.1, 0.15) is 48.3 Å². The smallest absolute Gasteiger partial charge is 0.176 e. The Balaban J connectivity index is 2.79. The number of hydrogen-bond acceptors (Lipinski definition) is 1. The SMILES string of the molecule is CC(=O)c1c(C)c2cc(C(C)C)ccc2n1C. The van der Waals surface area contributed by atoms with Crippen LogP contribution < -0.4 is 0 Å². The lowest BCUT2D eigenvalue weighted by Gasteiger charge is -2.05. The first-order chi connectivity index (χ1) is 7.93. The zero-order valence-electron chi connectivity index (χ0n) is 11.2. The Labute approximate surface area is 102 Å². The summed E-state index contributed by atoms with van der Waals surface area (Å²) in [4.78, 5) is 11.7. The summed E-state index contributed by atoms with van der Waals surface area (Å²) in [6.07, 6.45) is 0.